The molecule has 2 N–H and O–H groups in total. The molecule has 1 aliphatic rings. The third-order valence-electron chi connectivity index (χ3n) is 3.49. The summed E-state index contributed by atoms with van der Waals surface area (Å²) in [4.78, 5) is 24.9. The number of thiophene rings is 1. The number of hydrogen-bond acceptors (Lipinski definition) is 6. The highest BCUT2D eigenvalue weighted by Crippen LogP contribution is 2.40. The van der Waals surface area contributed by atoms with Gasteiger partial charge in [-0.1, -0.05) is 6.07 Å². The highest BCUT2D eigenvalue weighted by molar-refractivity contribution is 7.10. The van der Waals surface area contributed by atoms with E-state index in [2.05, 4.69) is 5.32 Å². The monoisotopic (exact) mass is 332 g/mol. The maximum absolute atomic E-state index is 12.4. The number of aliphatic carboxylic acids is 1. The molecule has 1 atom stereocenters. The molecule has 1 aliphatic heterocycles. The predicted octanol–water partition coefficient (Wildman–Crippen LogP) is 2.52. The van der Waals surface area contributed by atoms with E-state index in [-0.39, 0.29) is 24.2 Å². The Labute approximate surface area is 137 Å². The number of hydrogen-bond donors (Lipinski definition) is 2. The van der Waals surface area contributed by atoms with Crippen molar-refractivity contribution in [3.8, 4) is 6.07 Å². The van der Waals surface area contributed by atoms with Crippen LogP contribution in [-0.2, 0) is 14.3 Å². The van der Waals surface area contributed by atoms with Crippen molar-refractivity contribution in [2.75, 3.05) is 6.61 Å². The van der Waals surface area contributed by atoms with Crippen LogP contribution in [0.15, 0.2) is 40.1 Å². The van der Waals surface area contributed by atoms with Gasteiger partial charge in [0, 0.05) is 16.3 Å². The van der Waals surface area contributed by atoms with Crippen molar-refractivity contribution >= 4 is 23.3 Å². The second-order valence-corrected chi connectivity index (χ2v) is 5.98. The number of ether oxygens (including phenoxy) is 1. The fraction of sp³-hybridized carbons (Fsp3) is 0.312. The van der Waals surface area contributed by atoms with Crippen LogP contribution in [0.3, 0.4) is 0 Å². The minimum absolute atomic E-state index is 0.0195. The predicted molar refractivity (Wildman–Crippen MR) is 84.4 cm³/mol. The molecule has 1 aromatic heterocycles. The summed E-state index contributed by atoms with van der Waals surface area (Å²) >= 11 is 1.38. The first-order valence-corrected chi connectivity index (χ1v) is 7.84. The summed E-state index contributed by atoms with van der Waals surface area (Å²) < 4.78 is 5.11. The maximum atomic E-state index is 12.4. The molecule has 6 nitrogen and oxygen atoms in total. The number of nitrogens with one attached hydrogen (secondary N) is 1. The molecule has 120 valence electrons. The number of nitrogens with zero attached hydrogens (tertiary/aromatic N) is 1. The lowest BCUT2D eigenvalue weighted by atomic mass is 9.84. The topological polar surface area (TPSA) is 99.4 Å². The van der Waals surface area contributed by atoms with Gasteiger partial charge in [0.25, 0.3) is 0 Å². The Morgan fingerprint density at radius 2 is 2.09 bits per heavy atom. The molecule has 1 unspecified atom stereocenters. The molecule has 7 heteroatoms. The van der Waals surface area contributed by atoms with Gasteiger partial charge in [0.2, 0.25) is 0 Å². The number of nitriles is 1. The Balaban J connectivity index is 2.45. The molecular formula is C16H16N2O4S. The quantitative estimate of drug-likeness (QED) is 0.635. The van der Waals surface area contributed by atoms with Crippen molar-refractivity contribution in [3.63, 3.8) is 0 Å². The molecule has 0 aliphatic carbocycles. The number of carboxylic acids is 1. The van der Waals surface area contributed by atoms with Crippen LogP contribution in [0.2, 0.25) is 0 Å². The minimum Gasteiger partial charge on any atom is -0.478 e. The van der Waals surface area contributed by atoms with Crippen molar-refractivity contribution in [3.05, 3.63) is 44.9 Å². The number of allylic oxidation sites excluding steroid dienone is 2. The van der Waals surface area contributed by atoms with Gasteiger partial charge in [0.05, 0.1) is 29.6 Å². The first-order chi connectivity index (χ1) is 11.0. The Bertz CT molecular complexity index is 726. The van der Waals surface area contributed by atoms with E-state index in [9.17, 15) is 14.7 Å². The van der Waals surface area contributed by atoms with Gasteiger partial charge in [-0.3, -0.25) is 0 Å². The largest absolute Gasteiger partial charge is 0.478 e. The molecular weight excluding hydrogens is 316 g/mol. The van der Waals surface area contributed by atoms with E-state index in [1.54, 1.807) is 19.9 Å². The lowest BCUT2D eigenvalue weighted by Crippen LogP contribution is -2.31. The molecule has 0 spiro atoms. The van der Waals surface area contributed by atoms with Crippen LogP contribution >= 0.6 is 11.3 Å². The zero-order valence-electron chi connectivity index (χ0n) is 12.8. The summed E-state index contributed by atoms with van der Waals surface area (Å²) in [5, 5.41) is 22.9. The number of carboxylic acid groups (broad SMARTS) is 1. The van der Waals surface area contributed by atoms with Crippen molar-refractivity contribution in [2.45, 2.75) is 26.2 Å². The second-order valence-electron chi connectivity index (χ2n) is 5.00. The average molecular weight is 332 g/mol. The van der Waals surface area contributed by atoms with Crippen LogP contribution in [0.25, 0.3) is 0 Å². The molecule has 0 radical (unpaired) electrons. The van der Waals surface area contributed by atoms with E-state index in [4.69, 9.17) is 10.00 Å². The Hall–Kier alpha value is -2.59. The number of rotatable bonds is 5. The molecule has 0 saturated heterocycles. The van der Waals surface area contributed by atoms with Crippen LogP contribution in [0.5, 0.6) is 0 Å². The number of dihydropyridines is 1. The van der Waals surface area contributed by atoms with E-state index >= 15 is 0 Å². The smallest absolute Gasteiger partial charge is 0.336 e. The lowest BCUT2D eigenvalue weighted by Gasteiger charge is -2.28. The SMILES string of the molecule is CC1=C(C(=O)O)C(c2cccs2)C(C(=O)OCCC#N)=C(C)N1. The van der Waals surface area contributed by atoms with Crippen molar-refractivity contribution in [1.29, 1.82) is 5.26 Å². The van der Waals surface area contributed by atoms with Gasteiger partial charge < -0.3 is 15.2 Å². The third kappa shape index (κ3) is 3.43. The normalized spacial score (nSPS) is 17.5. The first-order valence-electron chi connectivity index (χ1n) is 6.96. The second kappa shape index (κ2) is 7.11. The Morgan fingerprint density at radius 1 is 1.39 bits per heavy atom. The molecule has 1 aromatic rings. The molecule has 0 fully saturated rings. The highest BCUT2D eigenvalue weighted by atomic mass is 32.1. The van der Waals surface area contributed by atoms with Gasteiger partial charge in [0.15, 0.2) is 0 Å². The summed E-state index contributed by atoms with van der Waals surface area (Å²) in [5.41, 5.74) is 1.47. The Kier molecular flexibility index (Phi) is 5.19. The number of esters is 1. The van der Waals surface area contributed by atoms with Crippen LogP contribution in [0, 0.1) is 11.3 Å². The highest BCUT2D eigenvalue weighted by Gasteiger charge is 2.37. The molecule has 0 saturated carbocycles. The molecule has 23 heavy (non-hydrogen) atoms. The fourth-order valence-corrected chi connectivity index (χ4v) is 3.40. The molecule has 0 aromatic carbocycles. The summed E-state index contributed by atoms with van der Waals surface area (Å²) in [6.07, 6.45) is 0.0931. The van der Waals surface area contributed by atoms with Crippen LogP contribution < -0.4 is 5.32 Å². The molecule has 0 amide bonds. The van der Waals surface area contributed by atoms with Gasteiger partial charge in [-0.25, -0.2) is 9.59 Å². The van der Waals surface area contributed by atoms with Crippen LogP contribution in [0.4, 0.5) is 0 Å². The summed E-state index contributed by atoms with van der Waals surface area (Å²) in [6, 6.07) is 5.51. The maximum Gasteiger partial charge on any atom is 0.336 e. The standard InChI is InChI=1S/C16H16N2O4S/c1-9-12(15(19)20)14(11-5-3-8-23-11)13(10(2)18-9)16(21)22-7-4-6-17/h3,5,8,14,18H,4,7H2,1-2H3,(H,19,20). The zero-order valence-corrected chi connectivity index (χ0v) is 13.6. The molecule has 2 heterocycles. The van der Waals surface area contributed by atoms with Gasteiger partial charge in [0.1, 0.15) is 6.61 Å². The molecule has 0 bridgehead atoms. The van der Waals surface area contributed by atoms with E-state index in [0.29, 0.717) is 11.4 Å². The van der Waals surface area contributed by atoms with E-state index in [1.807, 2.05) is 17.5 Å². The van der Waals surface area contributed by atoms with Gasteiger partial charge in [-0.05, 0) is 25.3 Å². The first kappa shape index (κ1) is 16.8. The summed E-state index contributed by atoms with van der Waals surface area (Å²) in [5.74, 6) is -2.36. The zero-order chi connectivity index (χ0) is 17.0. The van der Waals surface area contributed by atoms with Gasteiger partial charge >= 0.3 is 11.9 Å². The number of carbonyl (C=O) groups is 2. The average Bonchev–Trinajstić information content (AvgIpc) is 2.99. The molecule has 2 rings (SSSR count). The van der Waals surface area contributed by atoms with E-state index in [1.165, 1.54) is 11.3 Å². The third-order valence-corrected chi connectivity index (χ3v) is 4.42. The van der Waals surface area contributed by atoms with Crippen LogP contribution in [-0.4, -0.2) is 23.7 Å². The summed E-state index contributed by atoms with van der Waals surface area (Å²) in [7, 11) is 0. The van der Waals surface area contributed by atoms with Gasteiger partial charge in [-0.2, -0.15) is 5.26 Å². The fourth-order valence-electron chi connectivity index (χ4n) is 2.56. The van der Waals surface area contributed by atoms with Crippen LogP contribution in [0.1, 0.15) is 31.1 Å². The van der Waals surface area contributed by atoms with Crippen molar-refractivity contribution in [2.24, 2.45) is 0 Å². The Morgan fingerprint density at radius 3 is 2.65 bits per heavy atom. The minimum atomic E-state index is -1.08. The van der Waals surface area contributed by atoms with E-state index < -0.39 is 17.9 Å². The number of carbonyl (C=O) groups excluding carboxylic acids is 1. The van der Waals surface area contributed by atoms with Crippen molar-refractivity contribution < 1.29 is 19.4 Å². The lowest BCUT2D eigenvalue weighted by molar-refractivity contribution is -0.139. The van der Waals surface area contributed by atoms with Gasteiger partial charge in [-0.15, -0.1) is 11.3 Å². The van der Waals surface area contributed by atoms with E-state index in [0.717, 1.165) is 4.88 Å². The van der Waals surface area contributed by atoms with Crippen molar-refractivity contribution in [1.82, 2.24) is 5.32 Å². The summed E-state index contributed by atoms with van der Waals surface area (Å²) in [6.45, 7) is 3.36.